The van der Waals surface area contributed by atoms with Crippen LogP contribution in [0.15, 0.2) is 42.5 Å². The standard InChI is InChI=1S/C17H19NO2/c1-20-17-11-13(8-9-16(17)19)12-18-10-4-6-14-5-2-3-7-15(14)18/h2-3,5,7-9,11,19H,4,6,10,12H2,1H3. The molecule has 0 spiro atoms. The van der Waals surface area contributed by atoms with Gasteiger partial charge in [-0.25, -0.2) is 0 Å². The Labute approximate surface area is 119 Å². The molecular formula is C17H19NO2. The van der Waals surface area contributed by atoms with Gasteiger partial charge in [0, 0.05) is 18.8 Å². The highest BCUT2D eigenvalue weighted by atomic mass is 16.5. The van der Waals surface area contributed by atoms with Crippen LogP contribution in [0, 0.1) is 0 Å². The van der Waals surface area contributed by atoms with E-state index in [2.05, 4.69) is 29.2 Å². The van der Waals surface area contributed by atoms with E-state index in [0.717, 1.165) is 25.1 Å². The quantitative estimate of drug-likeness (QED) is 0.927. The summed E-state index contributed by atoms with van der Waals surface area (Å²) in [5.74, 6) is 0.725. The third kappa shape index (κ3) is 2.44. The minimum absolute atomic E-state index is 0.190. The second kappa shape index (κ2) is 5.45. The number of phenols is 1. The minimum atomic E-state index is 0.190. The van der Waals surface area contributed by atoms with E-state index in [9.17, 15) is 5.11 Å². The number of hydrogen-bond acceptors (Lipinski definition) is 3. The van der Waals surface area contributed by atoms with Crippen molar-refractivity contribution in [2.45, 2.75) is 19.4 Å². The van der Waals surface area contributed by atoms with Crippen molar-refractivity contribution in [3.05, 3.63) is 53.6 Å². The van der Waals surface area contributed by atoms with Crippen molar-refractivity contribution in [2.24, 2.45) is 0 Å². The molecular weight excluding hydrogens is 250 g/mol. The van der Waals surface area contributed by atoms with E-state index in [1.807, 2.05) is 12.1 Å². The molecule has 2 aromatic rings. The summed E-state index contributed by atoms with van der Waals surface area (Å²) < 4.78 is 5.18. The molecule has 2 aromatic carbocycles. The van der Waals surface area contributed by atoms with Crippen molar-refractivity contribution in [1.82, 2.24) is 0 Å². The summed E-state index contributed by atoms with van der Waals surface area (Å²) in [6.45, 7) is 1.91. The molecule has 3 rings (SSSR count). The topological polar surface area (TPSA) is 32.7 Å². The maximum absolute atomic E-state index is 9.66. The van der Waals surface area contributed by atoms with Crippen molar-refractivity contribution in [1.29, 1.82) is 0 Å². The van der Waals surface area contributed by atoms with Crippen LogP contribution in [0.2, 0.25) is 0 Å². The summed E-state index contributed by atoms with van der Waals surface area (Å²) in [5.41, 5.74) is 3.90. The van der Waals surface area contributed by atoms with Crippen LogP contribution in [0.4, 0.5) is 5.69 Å². The van der Waals surface area contributed by atoms with Crippen LogP contribution in [0.5, 0.6) is 11.5 Å². The largest absolute Gasteiger partial charge is 0.504 e. The van der Waals surface area contributed by atoms with Crippen molar-refractivity contribution in [3.8, 4) is 11.5 Å². The average Bonchev–Trinajstić information content (AvgIpc) is 2.49. The Morgan fingerprint density at radius 1 is 1.20 bits per heavy atom. The van der Waals surface area contributed by atoms with E-state index in [1.165, 1.54) is 17.7 Å². The Kier molecular flexibility index (Phi) is 3.50. The summed E-state index contributed by atoms with van der Waals surface area (Å²) >= 11 is 0. The van der Waals surface area contributed by atoms with Crippen LogP contribution in [-0.2, 0) is 13.0 Å². The smallest absolute Gasteiger partial charge is 0.160 e. The number of phenolic OH excluding ortho intramolecular Hbond substituents is 1. The summed E-state index contributed by atoms with van der Waals surface area (Å²) in [7, 11) is 1.58. The summed E-state index contributed by atoms with van der Waals surface area (Å²) in [6.07, 6.45) is 2.35. The van der Waals surface area contributed by atoms with Crippen LogP contribution in [0.25, 0.3) is 0 Å². The van der Waals surface area contributed by atoms with Gasteiger partial charge in [-0.05, 0) is 42.2 Å². The van der Waals surface area contributed by atoms with E-state index in [1.54, 1.807) is 13.2 Å². The first kappa shape index (κ1) is 12.9. The normalized spacial score (nSPS) is 13.9. The van der Waals surface area contributed by atoms with Crippen molar-refractivity contribution in [2.75, 3.05) is 18.6 Å². The van der Waals surface area contributed by atoms with Gasteiger partial charge < -0.3 is 14.7 Å². The highest BCUT2D eigenvalue weighted by molar-refractivity contribution is 5.56. The molecule has 104 valence electrons. The first-order chi connectivity index (χ1) is 9.78. The molecule has 1 N–H and O–H groups in total. The van der Waals surface area contributed by atoms with Crippen LogP contribution in [0.1, 0.15) is 17.5 Å². The molecule has 0 amide bonds. The van der Waals surface area contributed by atoms with Gasteiger partial charge in [-0.3, -0.25) is 0 Å². The molecule has 0 fully saturated rings. The molecule has 0 aliphatic carbocycles. The van der Waals surface area contributed by atoms with Crippen molar-refractivity contribution >= 4 is 5.69 Å². The van der Waals surface area contributed by atoms with Gasteiger partial charge >= 0.3 is 0 Å². The van der Waals surface area contributed by atoms with Crippen LogP contribution in [0.3, 0.4) is 0 Å². The number of methoxy groups -OCH3 is 1. The van der Waals surface area contributed by atoms with Gasteiger partial charge in [0.15, 0.2) is 11.5 Å². The number of fused-ring (bicyclic) bond motifs is 1. The number of hydrogen-bond donors (Lipinski definition) is 1. The number of benzene rings is 2. The number of aryl methyl sites for hydroxylation is 1. The van der Waals surface area contributed by atoms with E-state index in [4.69, 9.17) is 4.74 Å². The molecule has 0 aromatic heterocycles. The van der Waals surface area contributed by atoms with Crippen molar-refractivity contribution < 1.29 is 9.84 Å². The van der Waals surface area contributed by atoms with Gasteiger partial charge in [0.25, 0.3) is 0 Å². The van der Waals surface area contributed by atoms with Gasteiger partial charge in [0.2, 0.25) is 0 Å². The maximum Gasteiger partial charge on any atom is 0.160 e. The number of ether oxygens (including phenoxy) is 1. The van der Waals surface area contributed by atoms with Crippen molar-refractivity contribution in [3.63, 3.8) is 0 Å². The molecule has 3 nitrogen and oxygen atoms in total. The Morgan fingerprint density at radius 3 is 2.90 bits per heavy atom. The fourth-order valence-electron chi connectivity index (χ4n) is 2.82. The second-order valence-electron chi connectivity index (χ2n) is 5.16. The van der Waals surface area contributed by atoms with E-state index in [-0.39, 0.29) is 5.75 Å². The van der Waals surface area contributed by atoms with Gasteiger partial charge in [0.1, 0.15) is 0 Å². The first-order valence-corrected chi connectivity index (χ1v) is 6.96. The third-order valence-corrected chi connectivity index (χ3v) is 3.82. The number of nitrogens with zero attached hydrogens (tertiary/aromatic N) is 1. The predicted molar refractivity (Wildman–Crippen MR) is 80.5 cm³/mol. The Morgan fingerprint density at radius 2 is 2.05 bits per heavy atom. The Balaban J connectivity index is 1.85. The van der Waals surface area contributed by atoms with Gasteiger partial charge in [-0.1, -0.05) is 24.3 Å². The Bertz CT molecular complexity index is 610. The van der Waals surface area contributed by atoms with E-state index in [0.29, 0.717) is 5.75 Å². The number of rotatable bonds is 3. The lowest BCUT2D eigenvalue weighted by molar-refractivity contribution is 0.373. The van der Waals surface area contributed by atoms with E-state index >= 15 is 0 Å². The fraction of sp³-hybridized carbons (Fsp3) is 0.294. The molecule has 0 bridgehead atoms. The molecule has 1 aliphatic heterocycles. The SMILES string of the molecule is COc1cc(CN2CCCc3ccccc32)ccc1O. The van der Waals surface area contributed by atoms with Crippen LogP contribution < -0.4 is 9.64 Å². The highest BCUT2D eigenvalue weighted by Gasteiger charge is 2.16. The predicted octanol–water partition coefficient (Wildman–Crippen LogP) is 3.35. The van der Waals surface area contributed by atoms with Gasteiger partial charge in [-0.2, -0.15) is 0 Å². The number of aromatic hydroxyl groups is 1. The fourth-order valence-corrected chi connectivity index (χ4v) is 2.82. The molecule has 20 heavy (non-hydrogen) atoms. The minimum Gasteiger partial charge on any atom is -0.504 e. The van der Waals surface area contributed by atoms with Gasteiger partial charge in [0.05, 0.1) is 7.11 Å². The molecule has 1 aliphatic rings. The summed E-state index contributed by atoms with van der Waals surface area (Å²) in [4.78, 5) is 2.39. The number of para-hydroxylation sites is 1. The van der Waals surface area contributed by atoms with Crippen LogP contribution >= 0.6 is 0 Å². The Hall–Kier alpha value is -2.16. The van der Waals surface area contributed by atoms with Crippen LogP contribution in [-0.4, -0.2) is 18.8 Å². The molecule has 0 atom stereocenters. The highest BCUT2D eigenvalue weighted by Crippen LogP contribution is 2.30. The average molecular weight is 269 g/mol. The third-order valence-electron chi connectivity index (χ3n) is 3.82. The molecule has 1 heterocycles. The lowest BCUT2D eigenvalue weighted by Gasteiger charge is -2.31. The molecule has 0 radical (unpaired) electrons. The van der Waals surface area contributed by atoms with Gasteiger partial charge in [-0.15, -0.1) is 0 Å². The summed E-state index contributed by atoms with van der Waals surface area (Å²) in [5, 5.41) is 9.66. The molecule has 3 heteroatoms. The monoisotopic (exact) mass is 269 g/mol. The zero-order chi connectivity index (χ0) is 13.9. The first-order valence-electron chi connectivity index (χ1n) is 6.96. The molecule has 0 saturated heterocycles. The number of anilines is 1. The second-order valence-corrected chi connectivity index (χ2v) is 5.16. The summed E-state index contributed by atoms with van der Waals surface area (Å²) in [6, 6.07) is 14.1. The lowest BCUT2D eigenvalue weighted by Crippen LogP contribution is -2.28. The molecule has 0 unspecified atom stereocenters. The maximum atomic E-state index is 9.66. The lowest BCUT2D eigenvalue weighted by atomic mass is 10.0. The zero-order valence-corrected chi connectivity index (χ0v) is 11.7. The van der Waals surface area contributed by atoms with E-state index < -0.39 is 0 Å². The molecule has 0 saturated carbocycles. The zero-order valence-electron chi connectivity index (χ0n) is 11.7.